The number of rotatable bonds is 7. The molecule has 1 amide bonds. The molecule has 0 saturated carbocycles. The summed E-state index contributed by atoms with van der Waals surface area (Å²) >= 11 is 0. The third-order valence-electron chi connectivity index (χ3n) is 5.46. The second-order valence-corrected chi connectivity index (χ2v) is 7.37. The van der Waals surface area contributed by atoms with Crippen LogP contribution in [0.5, 0.6) is 11.5 Å². The lowest BCUT2D eigenvalue weighted by Crippen LogP contribution is -2.26. The molecule has 158 valence electrons. The molecule has 1 aliphatic rings. The van der Waals surface area contributed by atoms with Gasteiger partial charge in [0.25, 0.3) is 0 Å². The highest BCUT2D eigenvalue weighted by Crippen LogP contribution is 2.44. The summed E-state index contributed by atoms with van der Waals surface area (Å²) in [5, 5.41) is 12.7. The Bertz CT molecular complexity index is 1060. The SMILES string of the molecule is COc1ccc(C=CCCNC(=O)OCC2c3ccccc3-c3ccccc32)c(O)c1. The molecule has 0 heterocycles. The van der Waals surface area contributed by atoms with Crippen molar-refractivity contribution in [1.29, 1.82) is 0 Å². The summed E-state index contributed by atoms with van der Waals surface area (Å²) in [6.07, 6.45) is 3.90. The molecule has 3 aromatic rings. The van der Waals surface area contributed by atoms with Crippen molar-refractivity contribution in [3.05, 3.63) is 89.5 Å². The van der Waals surface area contributed by atoms with Crippen LogP contribution in [0.3, 0.4) is 0 Å². The molecule has 0 aromatic heterocycles. The second-order valence-electron chi connectivity index (χ2n) is 7.37. The van der Waals surface area contributed by atoms with E-state index in [9.17, 15) is 9.90 Å². The number of phenolic OH excluding ortho intramolecular Hbond substituents is 1. The Morgan fingerprint density at radius 3 is 2.35 bits per heavy atom. The molecule has 0 saturated heterocycles. The maximum absolute atomic E-state index is 12.2. The number of carbonyl (C=O) groups is 1. The summed E-state index contributed by atoms with van der Waals surface area (Å²) in [4.78, 5) is 12.2. The van der Waals surface area contributed by atoms with Crippen molar-refractivity contribution in [2.24, 2.45) is 0 Å². The second kappa shape index (κ2) is 9.39. The average Bonchev–Trinajstić information content (AvgIpc) is 3.12. The highest BCUT2D eigenvalue weighted by atomic mass is 16.5. The number of aromatic hydroxyl groups is 1. The molecule has 1 aliphatic carbocycles. The first-order valence-corrected chi connectivity index (χ1v) is 10.3. The molecule has 0 fully saturated rings. The monoisotopic (exact) mass is 415 g/mol. The van der Waals surface area contributed by atoms with Gasteiger partial charge in [-0.15, -0.1) is 0 Å². The minimum Gasteiger partial charge on any atom is -0.507 e. The molecular formula is C26H25NO4. The summed E-state index contributed by atoms with van der Waals surface area (Å²) < 4.78 is 10.6. The van der Waals surface area contributed by atoms with E-state index in [1.54, 1.807) is 25.3 Å². The number of amides is 1. The largest absolute Gasteiger partial charge is 0.507 e. The number of carbonyl (C=O) groups excluding carboxylic acids is 1. The van der Waals surface area contributed by atoms with Gasteiger partial charge in [0.1, 0.15) is 18.1 Å². The van der Waals surface area contributed by atoms with Crippen LogP contribution >= 0.6 is 0 Å². The highest BCUT2D eigenvalue weighted by molar-refractivity contribution is 5.79. The lowest BCUT2D eigenvalue weighted by molar-refractivity contribution is 0.143. The van der Waals surface area contributed by atoms with E-state index in [1.807, 2.05) is 36.4 Å². The normalized spacial score (nSPS) is 12.4. The van der Waals surface area contributed by atoms with Crippen molar-refractivity contribution in [3.63, 3.8) is 0 Å². The molecule has 31 heavy (non-hydrogen) atoms. The van der Waals surface area contributed by atoms with Crippen LogP contribution in [0.4, 0.5) is 4.79 Å². The van der Waals surface area contributed by atoms with Gasteiger partial charge in [-0.1, -0.05) is 60.7 Å². The number of alkyl carbamates (subject to hydrolysis) is 1. The fraction of sp³-hybridized carbons (Fsp3) is 0.192. The minimum absolute atomic E-state index is 0.0519. The molecule has 4 rings (SSSR count). The van der Waals surface area contributed by atoms with Crippen LogP contribution < -0.4 is 10.1 Å². The molecule has 0 radical (unpaired) electrons. The van der Waals surface area contributed by atoms with E-state index in [2.05, 4.69) is 29.6 Å². The summed E-state index contributed by atoms with van der Waals surface area (Å²) in [5.74, 6) is 0.808. The fourth-order valence-electron chi connectivity index (χ4n) is 3.91. The number of benzene rings is 3. The van der Waals surface area contributed by atoms with Crippen LogP contribution in [0.1, 0.15) is 29.0 Å². The number of fused-ring (bicyclic) bond motifs is 3. The molecule has 0 unspecified atom stereocenters. The Morgan fingerprint density at radius 2 is 1.71 bits per heavy atom. The zero-order chi connectivity index (χ0) is 21.6. The summed E-state index contributed by atoms with van der Waals surface area (Å²) in [7, 11) is 1.55. The van der Waals surface area contributed by atoms with Crippen molar-refractivity contribution in [3.8, 4) is 22.6 Å². The molecule has 0 aliphatic heterocycles. The highest BCUT2D eigenvalue weighted by Gasteiger charge is 2.28. The van der Waals surface area contributed by atoms with Gasteiger partial charge in [0.05, 0.1) is 7.11 Å². The predicted octanol–water partition coefficient (Wildman–Crippen LogP) is 5.34. The number of methoxy groups -OCH3 is 1. The predicted molar refractivity (Wildman–Crippen MR) is 121 cm³/mol. The first kappa shape index (κ1) is 20.5. The van der Waals surface area contributed by atoms with Crippen LogP contribution in [0.15, 0.2) is 72.8 Å². The van der Waals surface area contributed by atoms with Gasteiger partial charge in [0.15, 0.2) is 0 Å². The number of ether oxygens (including phenoxy) is 2. The molecule has 0 bridgehead atoms. The van der Waals surface area contributed by atoms with Gasteiger partial charge in [0, 0.05) is 24.1 Å². The number of phenols is 1. The van der Waals surface area contributed by atoms with Crippen LogP contribution in [0.25, 0.3) is 17.2 Å². The van der Waals surface area contributed by atoms with Crippen LogP contribution in [0, 0.1) is 0 Å². The van der Waals surface area contributed by atoms with Gasteiger partial charge in [-0.2, -0.15) is 0 Å². The van der Waals surface area contributed by atoms with E-state index in [0.717, 1.165) is 0 Å². The number of hydrogen-bond donors (Lipinski definition) is 2. The Balaban J connectivity index is 1.27. The Morgan fingerprint density at radius 1 is 1.03 bits per heavy atom. The standard InChI is InChI=1S/C26H25NO4/c1-30-19-14-13-18(25(28)16-19)8-6-7-15-27-26(29)31-17-24-22-11-4-2-9-20(22)21-10-3-5-12-23(21)24/h2-6,8-14,16,24,28H,7,15,17H2,1H3,(H,27,29). The minimum atomic E-state index is -0.428. The van der Waals surface area contributed by atoms with E-state index in [4.69, 9.17) is 9.47 Å². The number of hydrogen-bond acceptors (Lipinski definition) is 4. The molecule has 5 nitrogen and oxygen atoms in total. The van der Waals surface area contributed by atoms with E-state index in [-0.39, 0.29) is 11.7 Å². The van der Waals surface area contributed by atoms with Crippen molar-refractivity contribution in [2.75, 3.05) is 20.3 Å². The maximum atomic E-state index is 12.2. The lowest BCUT2D eigenvalue weighted by atomic mass is 9.98. The fourth-order valence-corrected chi connectivity index (χ4v) is 3.91. The molecule has 0 atom stereocenters. The van der Waals surface area contributed by atoms with Crippen LogP contribution in [0.2, 0.25) is 0 Å². The van der Waals surface area contributed by atoms with Crippen LogP contribution in [-0.4, -0.2) is 31.5 Å². The molecule has 0 spiro atoms. The van der Waals surface area contributed by atoms with Crippen molar-refractivity contribution >= 4 is 12.2 Å². The lowest BCUT2D eigenvalue weighted by Gasteiger charge is -2.14. The van der Waals surface area contributed by atoms with Gasteiger partial charge in [-0.3, -0.25) is 0 Å². The first-order chi connectivity index (χ1) is 15.2. The van der Waals surface area contributed by atoms with E-state index < -0.39 is 6.09 Å². The van der Waals surface area contributed by atoms with Gasteiger partial charge in [-0.05, 0) is 40.8 Å². The third-order valence-corrected chi connectivity index (χ3v) is 5.46. The molecule has 2 N–H and O–H groups in total. The van der Waals surface area contributed by atoms with Gasteiger partial charge >= 0.3 is 6.09 Å². The van der Waals surface area contributed by atoms with E-state index in [1.165, 1.54) is 22.3 Å². The zero-order valence-corrected chi connectivity index (χ0v) is 17.4. The Labute approximate surface area is 182 Å². The third kappa shape index (κ3) is 4.56. The van der Waals surface area contributed by atoms with Gasteiger partial charge in [-0.25, -0.2) is 4.79 Å². The topological polar surface area (TPSA) is 67.8 Å². The summed E-state index contributed by atoms with van der Waals surface area (Å²) in [6.45, 7) is 0.750. The first-order valence-electron chi connectivity index (χ1n) is 10.3. The van der Waals surface area contributed by atoms with Crippen molar-refractivity contribution in [2.45, 2.75) is 12.3 Å². The Kier molecular flexibility index (Phi) is 6.22. The van der Waals surface area contributed by atoms with E-state index >= 15 is 0 Å². The quantitative estimate of drug-likeness (QED) is 0.511. The van der Waals surface area contributed by atoms with Gasteiger partial charge < -0.3 is 19.9 Å². The molecular weight excluding hydrogens is 390 g/mol. The van der Waals surface area contributed by atoms with Crippen molar-refractivity contribution < 1.29 is 19.4 Å². The van der Waals surface area contributed by atoms with E-state index in [0.29, 0.717) is 30.9 Å². The Hall–Kier alpha value is -3.73. The van der Waals surface area contributed by atoms with Gasteiger partial charge in [0.2, 0.25) is 0 Å². The summed E-state index contributed by atoms with van der Waals surface area (Å²) in [5.41, 5.74) is 5.50. The maximum Gasteiger partial charge on any atom is 0.407 e. The number of nitrogens with one attached hydrogen (secondary N) is 1. The smallest absolute Gasteiger partial charge is 0.407 e. The van der Waals surface area contributed by atoms with Crippen molar-refractivity contribution in [1.82, 2.24) is 5.32 Å². The van der Waals surface area contributed by atoms with Crippen LogP contribution in [-0.2, 0) is 4.74 Å². The molecule has 5 heteroatoms. The molecule has 3 aromatic carbocycles. The summed E-state index contributed by atoms with van der Waals surface area (Å²) in [6, 6.07) is 21.7. The zero-order valence-electron chi connectivity index (χ0n) is 17.4. The average molecular weight is 415 g/mol.